The molecule has 210 valence electrons. The second-order valence-corrected chi connectivity index (χ2v) is 11.0. The Morgan fingerprint density at radius 2 is 1.76 bits per heavy atom. The van der Waals surface area contributed by atoms with Crippen LogP contribution in [0.3, 0.4) is 0 Å². The number of rotatable bonds is 8. The Kier molecular flexibility index (Phi) is 8.63. The molecule has 1 aromatic heterocycles. The second-order valence-electron chi connectivity index (χ2n) is 9.17. The number of methoxy groups -OCH3 is 1. The number of carbonyl (C=O) groups excluding carboxylic acids is 1. The van der Waals surface area contributed by atoms with Crippen LogP contribution in [0.2, 0.25) is 10.0 Å². The zero-order valence-electron chi connectivity index (χ0n) is 22.5. The van der Waals surface area contributed by atoms with E-state index in [2.05, 4.69) is 4.99 Å². The predicted octanol–water partition coefficient (Wildman–Crippen LogP) is 5.69. The fourth-order valence-corrected chi connectivity index (χ4v) is 6.01. The largest absolute Gasteiger partial charge is 0.497 e. The SMILES string of the molecule is CCOC(=O)C1=C(C)N=c2s/c(=C/c3ccc(OCc4ccc(Cl)cc4Cl)cc3)c(=O)n2C1c1ccc(OC)cc1. The summed E-state index contributed by atoms with van der Waals surface area (Å²) in [5.41, 5.74) is 2.98. The molecule has 1 aliphatic heterocycles. The maximum Gasteiger partial charge on any atom is 0.338 e. The van der Waals surface area contributed by atoms with E-state index in [1.165, 1.54) is 11.3 Å². The van der Waals surface area contributed by atoms with Gasteiger partial charge in [-0.15, -0.1) is 0 Å². The maximum atomic E-state index is 13.8. The van der Waals surface area contributed by atoms with Gasteiger partial charge in [0.1, 0.15) is 18.1 Å². The molecule has 0 bridgehead atoms. The zero-order valence-corrected chi connectivity index (χ0v) is 24.8. The Balaban J connectivity index is 1.48. The minimum Gasteiger partial charge on any atom is -0.497 e. The Hall–Kier alpha value is -3.85. The quantitative estimate of drug-likeness (QED) is 0.240. The minimum atomic E-state index is -0.686. The molecule has 5 rings (SSSR count). The van der Waals surface area contributed by atoms with E-state index in [1.807, 2.05) is 42.5 Å². The van der Waals surface area contributed by atoms with Gasteiger partial charge in [0.15, 0.2) is 4.80 Å². The number of thiazole rings is 1. The smallest absolute Gasteiger partial charge is 0.338 e. The summed E-state index contributed by atoms with van der Waals surface area (Å²) in [5, 5.41) is 1.11. The molecule has 0 N–H and O–H groups in total. The number of carbonyl (C=O) groups is 1. The molecule has 1 unspecified atom stereocenters. The van der Waals surface area contributed by atoms with Gasteiger partial charge < -0.3 is 14.2 Å². The Morgan fingerprint density at radius 3 is 2.41 bits per heavy atom. The van der Waals surface area contributed by atoms with Gasteiger partial charge in [0.05, 0.1) is 35.6 Å². The van der Waals surface area contributed by atoms with Crippen molar-refractivity contribution in [2.45, 2.75) is 26.5 Å². The molecule has 0 radical (unpaired) electrons. The summed E-state index contributed by atoms with van der Waals surface area (Å²) in [5.74, 6) is 0.825. The number of nitrogens with zero attached hydrogens (tertiary/aromatic N) is 2. The van der Waals surface area contributed by atoms with Crippen molar-refractivity contribution in [1.29, 1.82) is 0 Å². The van der Waals surface area contributed by atoms with Crippen molar-refractivity contribution in [3.05, 3.63) is 124 Å². The number of halogens is 2. The highest BCUT2D eigenvalue weighted by Gasteiger charge is 2.33. The number of hydrogen-bond acceptors (Lipinski definition) is 7. The molecule has 0 fully saturated rings. The third-order valence-electron chi connectivity index (χ3n) is 6.54. The summed E-state index contributed by atoms with van der Waals surface area (Å²) in [4.78, 5) is 31.9. The zero-order chi connectivity index (χ0) is 29.1. The van der Waals surface area contributed by atoms with E-state index >= 15 is 0 Å². The Morgan fingerprint density at radius 1 is 1.05 bits per heavy atom. The summed E-state index contributed by atoms with van der Waals surface area (Å²) >= 11 is 13.5. The van der Waals surface area contributed by atoms with Gasteiger partial charge in [-0.2, -0.15) is 0 Å². The van der Waals surface area contributed by atoms with Crippen molar-refractivity contribution in [2.75, 3.05) is 13.7 Å². The highest BCUT2D eigenvalue weighted by Crippen LogP contribution is 2.31. The number of esters is 1. The lowest BCUT2D eigenvalue weighted by molar-refractivity contribution is -0.139. The molecule has 1 atom stereocenters. The van der Waals surface area contributed by atoms with Gasteiger partial charge in [0, 0.05) is 15.6 Å². The van der Waals surface area contributed by atoms with Crippen molar-refractivity contribution in [2.24, 2.45) is 4.99 Å². The standard InChI is InChI=1S/C31H26Cl2N2O5S/c1-4-39-30(37)27-18(2)34-31-35(28(27)20-8-13-23(38-3)14-9-20)29(36)26(41-31)15-19-5-11-24(12-6-19)40-17-21-7-10-22(32)16-25(21)33/h5-16,28H,4,17H2,1-3H3/b26-15+. The molecule has 10 heteroatoms. The van der Waals surface area contributed by atoms with Gasteiger partial charge in [-0.3, -0.25) is 9.36 Å². The third kappa shape index (κ3) is 6.10. The molecular weight excluding hydrogens is 583 g/mol. The van der Waals surface area contributed by atoms with E-state index in [-0.39, 0.29) is 12.2 Å². The molecule has 4 aromatic rings. The highest BCUT2D eigenvalue weighted by atomic mass is 35.5. The predicted molar refractivity (Wildman–Crippen MR) is 161 cm³/mol. The van der Waals surface area contributed by atoms with Crippen LogP contribution in [0.1, 0.15) is 36.6 Å². The van der Waals surface area contributed by atoms with E-state index in [0.29, 0.717) is 48.8 Å². The highest BCUT2D eigenvalue weighted by molar-refractivity contribution is 7.07. The van der Waals surface area contributed by atoms with Crippen LogP contribution in [-0.4, -0.2) is 24.3 Å². The molecule has 7 nitrogen and oxygen atoms in total. The number of allylic oxidation sites excluding steroid dienone is 1. The fourth-order valence-electron chi connectivity index (χ4n) is 4.50. The van der Waals surface area contributed by atoms with Gasteiger partial charge in [-0.05, 0) is 67.4 Å². The van der Waals surface area contributed by atoms with Crippen LogP contribution in [0, 0.1) is 0 Å². The van der Waals surface area contributed by atoms with Crippen LogP contribution in [0.5, 0.6) is 11.5 Å². The first-order valence-corrected chi connectivity index (χ1v) is 14.4. The second kappa shape index (κ2) is 12.3. The molecule has 0 saturated carbocycles. The summed E-state index contributed by atoms with van der Waals surface area (Å²) in [6.45, 7) is 4.01. The summed E-state index contributed by atoms with van der Waals surface area (Å²) < 4.78 is 18.6. The van der Waals surface area contributed by atoms with Gasteiger partial charge in [0.2, 0.25) is 0 Å². The van der Waals surface area contributed by atoms with E-state index in [1.54, 1.807) is 55.9 Å². The van der Waals surface area contributed by atoms with Gasteiger partial charge in [-0.25, -0.2) is 9.79 Å². The van der Waals surface area contributed by atoms with Gasteiger partial charge in [0.25, 0.3) is 5.56 Å². The summed E-state index contributed by atoms with van der Waals surface area (Å²) in [6.07, 6.45) is 1.80. The molecule has 3 aromatic carbocycles. The lowest BCUT2D eigenvalue weighted by Gasteiger charge is -2.24. The molecule has 0 saturated heterocycles. The monoisotopic (exact) mass is 608 g/mol. The van der Waals surface area contributed by atoms with Gasteiger partial charge >= 0.3 is 5.97 Å². The lowest BCUT2D eigenvalue weighted by atomic mass is 9.96. The van der Waals surface area contributed by atoms with Crippen molar-refractivity contribution in [3.8, 4) is 11.5 Å². The molecular formula is C31H26Cl2N2O5S. The number of aromatic nitrogens is 1. The molecule has 0 amide bonds. The van der Waals surface area contributed by atoms with Crippen LogP contribution in [0.15, 0.2) is 87.8 Å². The average molecular weight is 610 g/mol. The first-order chi connectivity index (χ1) is 19.8. The van der Waals surface area contributed by atoms with E-state index in [0.717, 1.165) is 16.7 Å². The molecule has 41 heavy (non-hydrogen) atoms. The van der Waals surface area contributed by atoms with Crippen LogP contribution in [0.25, 0.3) is 6.08 Å². The van der Waals surface area contributed by atoms with E-state index in [4.69, 9.17) is 37.4 Å². The van der Waals surface area contributed by atoms with Crippen LogP contribution < -0.4 is 24.4 Å². The number of hydrogen-bond donors (Lipinski definition) is 0. The van der Waals surface area contributed by atoms with Crippen LogP contribution in [0.4, 0.5) is 0 Å². The molecule has 2 heterocycles. The van der Waals surface area contributed by atoms with Crippen molar-refractivity contribution in [3.63, 3.8) is 0 Å². The van der Waals surface area contributed by atoms with Crippen molar-refractivity contribution < 1.29 is 19.0 Å². The van der Waals surface area contributed by atoms with Crippen LogP contribution >= 0.6 is 34.5 Å². The van der Waals surface area contributed by atoms with Crippen molar-refractivity contribution >= 4 is 46.6 Å². The third-order valence-corrected chi connectivity index (χ3v) is 8.11. The topological polar surface area (TPSA) is 79.1 Å². The number of fused-ring (bicyclic) bond motifs is 1. The number of benzene rings is 3. The average Bonchev–Trinajstić information content (AvgIpc) is 3.26. The van der Waals surface area contributed by atoms with Crippen LogP contribution in [-0.2, 0) is 16.1 Å². The molecule has 1 aliphatic rings. The van der Waals surface area contributed by atoms with Gasteiger partial charge in [-0.1, -0.05) is 64.9 Å². The normalized spacial score (nSPS) is 14.9. The molecule has 0 aliphatic carbocycles. The lowest BCUT2D eigenvalue weighted by Crippen LogP contribution is -2.39. The number of ether oxygens (including phenoxy) is 3. The first kappa shape index (κ1) is 28.7. The first-order valence-electron chi connectivity index (χ1n) is 12.8. The minimum absolute atomic E-state index is 0.210. The fraction of sp³-hybridized carbons (Fsp3) is 0.194. The summed E-state index contributed by atoms with van der Waals surface area (Å²) in [7, 11) is 1.58. The summed E-state index contributed by atoms with van der Waals surface area (Å²) in [6, 6.07) is 19.3. The maximum absolute atomic E-state index is 13.8. The Labute approximate surface area is 250 Å². The van der Waals surface area contributed by atoms with E-state index in [9.17, 15) is 9.59 Å². The molecule has 0 spiro atoms. The van der Waals surface area contributed by atoms with E-state index < -0.39 is 12.0 Å². The Bertz CT molecular complexity index is 1810. The van der Waals surface area contributed by atoms with Crippen molar-refractivity contribution in [1.82, 2.24) is 4.57 Å².